The normalized spacial score (nSPS) is 14.7. The maximum absolute atomic E-state index is 13.0. The molecule has 0 aromatic carbocycles. The standard InChI is InChI=1S/C77H130O17P2/c1-5-9-13-17-21-25-29-32-35-38-42-45-49-53-57-61-74(79)87-67-72(93-76(81)63-59-55-51-47-41-28-24-20-16-12-8-4)69-91-95(83,84)89-65-71(78)66-90-96(85,86)92-70-73(94-77(82)64-60-56-52-48-44-40-37-34-31-27-23-19-15-11-7-3)68-88-75(80)62-58-54-50-46-43-39-36-33-30-26-22-18-14-10-6-2/h10-11,14-15,20,22-24,26-27,33-34,36-37,43-44,46,48,54,58,71-73,78H,5-9,12-13,16-19,21,25,28-32,35,38-42,45,47,49-53,55-57,59-70H2,1-4H3,(H,83,84)(H,85,86)/b14-10-,15-11-,24-20-,26-22-,27-23-,36-33-,37-34-,46-43-,48-44-,58-54-. The van der Waals surface area contributed by atoms with Gasteiger partial charge < -0.3 is 33.8 Å². The van der Waals surface area contributed by atoms with Crippen molar-refractivity contribution >= 4 is 39.5 Å². The monoisotopic (exact) mass is 1390 g/mol. The Labute approximate surface area is 581 Å². The van der Waals surface area contributed by atoms with Gasteiger partial charge in [-0.25, -0.2) is 9.13 Å². The lowest BCUT2D eigenvalue weighted by atomic mass is 10.0. The third-order valence-corrected chi connectivity index (χ3v) is 16.9. The van der Waals surface area contributed by atoms with Crippen LogP contribution in [0.15, 0.2) is 122 Å². The number of phosphoric ester groups is 2. The van der Waals surface area contributed by atoms with Crippen LogP contribution >= 0.6 is 15.6 Å². The summed E-state index contributed by atoms with van der Waals surface area (Å²) >= 11 is 0. The van der Waals surface area contributed by atoms with Gasteiger partial charge in [0.15, 0.2) is 12.2 Å². The molecule has 0 aromatic heterocycles. The first kappa shape index (κ1) is 91.5. The average molecular weight is 1390 g/mol. The molecule has 3 N–H and O–H groups in total. The van der Waals surface area contributed by atoms with Crippen molar-refractivity contribution < 1.29 is 80.2 Å². The van der Waals surface area contributed by atoms with Gasteiger partial charge in [0.05, 0.1) is 32.8 Å². The van der Waals surface area contributed by atoms with Crippen LogP contribution in [0.2, 0.25) is 0 Å². The molecule has 19 heteroatoms. The van der Waals surface area contributed by atoms with Crippen molar-refractivity contribution in [2.45, 2.75) is 303 Å². The van der Waals surface area contributed by atoms with Gasteiger partial charge in [-0.3, -0.25) is 37.3 Å². The molecule has 0 heterocycles. The molecule has 0 aromatic rings. The van der Waals surface area contributed by atoms with Crippen molar-refractivity contribution in [2.75, 3.05) is 39.6 Å². The second kappa shape index (κ2) is 69.0. The zero-order valence-electron chi connectivity index (χ0n) is 59.8. The fraction of sp³-hybridized carbons (Fsp3) is 0.688. The Hall–Kier alpha value is -4.54. The lowest BCUT2D eigenvalue weighted by Gasteiger charge is -2.21. The number of aliphatic hydroxyl groups is 1. The van der Waals surface area contributed by atoms with Crippen LogP contribution in [-0.2, 0) is 65.4 Å². The largest absolute Gasteiger partial charge is 0.472 e. The number of hydrogen-bond donors (Lipinski definition) is 3. The molecule has 550 valence electrons. The quantitative estimate of drug-likeness (QED) is 0.0169. The van der Waals surface area contributed by atoms with E-state index in [9.17, 15) is 43.2 Å². The van der Waals surface area contributed by atoms with Crippen LogP contribution < -0.4 is 0 Å². The predicted octanol–water partition coefficient (Wildman–Crippen LogP) is 20.8. The van der Waals surface area contributed by atoms with E-state index in [-0.39, 0.29) is 25.7 Å². The fourth-order valence-corrected chi connectivity index (χ4v) is 11.0. The molecule has 0 saturated heterocycles. The Kier molecular flexibility index (Phi) is 65.7. The summed E-state index contributed by atoms with van der Waals surface area (Å²) in [6, 6.07) is 0. The smallest absolute Gasteiger partial charge is 0.462 e. The lowest BCUT2D eigenvalue weighted by molar-refractivity contribution is -0.161. The molecule has 0 rings (SSSR count). The molecule has 0 saturated carbocycles. The molecule has 96 heavy (non-hydrogen) atoms. The molecule has 5 unspecified atom stereocenters. The van der Waals surface area contributed by atoms with Crippen LogP contribution in [0.1, 0.15) is 285 Å². The molecule has 0 bridgehead atoms. The summed E-state index contributed by atoms with van der Waals surface area (Å²) in [5, 5.41) is 10.6. The van der Waals surface area contributed by atoms with E-state index in [2.05, 4.69) is 119 Å². The molecular weight excluding hydrogens is 1260 g/mol. The van der Waals surface area contributed by atoms with Gasteiger partial charge in [-0.05, 0) is 109 Å². The summed E-state index contributed by atoms with van der Waals surface area (Å²) in [5.41, 5.74) is 0. The first-order valence-corrected chi connectivity index (χ1v) is 39.8. The van der Waals surface area contributed by atoms with Crippen molar-refractivity contribution in [3.8, 4) is 0 Å². The van der Waals surface area contributed by atoms with Gasteiger partial charge >= 0.3 is 39.5 Å². The van der Waals surface area contributed by atoms with E-state index < -0.39 is 97.5 Å². The predicted molar refractivity (Wildman–Crippen MR) is 390 cm³/mol. The van der Waals surface area contributed by atoms with Gasteiger partial charge in [0.1, 0.15) is 19.3 Å². The fourth-order valence-electron chi connectivity index (χ4n) is 9.38. The Morgan fingerprint density at radius 2 is 0.594 bits per heavy atom. The highest BCUT2D eigenvalue weighted by Crippen LogP contribution is 2.45. The number of esters is 4. The van der Waals surface area contributed by atoms with E-state index in [0.717, 1.165) is 116 Å². The molecule has 0 aliphatic rings. The topological polar surface area (TPSA) is 237 Å². The van der Waals surface area contributed by atoms with Crippen LogP contribution in [0.4, 0.5) is 0 Å². The number of aliphatic hydroxyl groups excluding tert-OH is 1. The number of carbonyl (C=O) groups is 4. The van der Waals surface area contributed by atoms with Crippen molar-refractivity contribution in [2.24, 2.45) is 0 Å². The minimum atomic E-state index is -5.00. The number of phosphoric acid groups is 2. The second-order valence-electron chi connectivity index (χ2n) is 24.1. The van der Waals surface area contributed by atoms with Gasteiger partial charge in [0.2, 0.25) is 0 Å². The zero-order chi connectivity index (χ0) is 70.4. The number of hydrogen-bond acceptors (Lipinski definition) is 15. The van der Waals surface area contributed by atoms with E-state index in [4.69, 9.17) is 37.0 Å². The molecule has 0 fully saturated rings. The van der Waals surface area contributed by atoms with Gasteiger partial charge in [-0.2, -0.15) is 0 Å². The molecule has 0 amide bonds. The van der Waals surface area contributed by atoms with Crippen molar-refractivity contribution in [3.05, 3.63) is 122 Å². The van der Waals surface area contributed by atoms with Crippen molar-refractivity contribution in [1.82, 2.24) is 0 Å². The van der Waals surface area contributed by atoms with Crippen LogP contribution in [0.25, 0.3) is 0 Å². The first-order valence-electron chi connectivity index (χ1n) is 36.8. The number of allylic oxidation sites excluding steroid dienone is 19. The number of ether oxygens (including phenoxy) is 4. The number of unbranched alkanes of at least 4 members (excludes halogenated alkanes) is 23. The molecule has 0 radical (unpaired) electrons. The van der Waals surface area contributed by atoms with Crippen LogP contribution in [0.3, 0.4) is 0 Å². The highest BCUT2D eigenvalue weighted by atomic mass is 31.2. The van der Waals surface area contributed by atoms with Crippen molar-refractivity contribution in [3.63, 3.8) is 0 Å². The Morgan fingerprint density at radius 1 is 0.312 bits per heavy atom. The van der Waals surface area contributed by atoms with E-state index in [0.29, 0.717) is 32.1 Å². The summed E-state index contributed by atoms with van der Waals surface area (Å²) in [5.74, 6) is -2.38. The SMILES string of the molecule is CC/C=C\C/C=C\C/C=C\C/C=C\C/C=C\CC(=O)OCC(COP(=O)(O)OCC(O)COP(=O)(O)OCC(COC(=O)CCCCCCCCCCCCCCCCC)OC(=O)CCCCCCC/C=C\CCCC)OC(=O)CCCC/C=C\C/C=C\C/C=C\C/C=C\CC. The van der Waals surface area contributed by atoms with Gasteiger partial charge in [-0.15, -0.1) is 0 Å². The zero-order valence-corrected chi connectivity index (χ0v) is 61.5. The average Bonchev–Trinajstić information content (AvgIpc) is 1.09. The summed E-state index contributed by atoms with van der Waals surface area (Å²) in [7, 11) is -9.98. The van der Waals surface area contributed by atoms with Crippen LogP contribution in [0, 0.1) is 0 Å². The summed E-state index contributed by atoms with van der Waals surface area (Å²) < 4.78 is 68.2. The van der Waals surface area contributed by atoms with Crippen LogP contribution in [0.5, 0.6) is 0 Å². The number of rotatable bonds is 68. The highest BCUT2D eigenvalue weighted by molar-refractivity contribution is 7.47. The van der Waals surface area contributed by atoms with E-state index in [1.54, 1.807) is 6.08 Å². The first-order chi connectivity index (χ1) is 46.7. The molecular formula is C77H130O17P2. The minimum absolute atomic E-state index is 0.0207. The van der Waals surface area contributed by atoms with E-state index >= 15 is 0 Å². The molecule has 0 aliphatic carbocycles. The Bertz CT molecular complexity index is 2300. The maximum atomic E-state index is 13.0. The van der Waals surface area contributed by atoms with E-state index in [1.807, 2.05) is 24.3 Å². The maximum Gasteiger partial charge on any atom is 0.472 e. The second-order valence-corrected chi connectivity index (χ2v) is 27.0. The van der Waals surface area contributed by atoms with E-state index in [1.165, 1.54) is 83.5 Å². The summed E-state index contributed by atoms with van der Waals surface area (Å²) in [6.07, 6.45) is 73.9. The van der Waals surface area contributed by atoms with Gasteiger partial charge in [-0.1, -0.05) is 271 Å². The molecule has 0 spiro atoms. The third-order valence-electron chi connectivity index (χ3n) is 15.0. The Morgan fingerprint density at radius 3 is 0.990 bits per heavy atom. The minimum Gasteiger partial charge on any atom is -0.462 e. The molecule has 5 atom stereocenters. The lowest BCUT2D eigenvalue weighted by Crippen LogP contribution is -2.30. The highest BCUT2D eigenvalue weighted by Gasteiger charge is 2.30. The summed E-state index contributed by atoms with van der Waals surface area (Å²) in [4.78, 5) is 72.6. The molecule has 17 nitrogen and oxygen atoms in total. The van der Waals surface area contributed by atoms with Crippen molar-refractivity contribution in [1.29, 1.82) is 0 Å². The Balaban J connectivity index is 5.42. The van der Waals surface area contributed by atoms with Gasteiger partial charge in [0, 0.05) is 19.3 Å². The molecule has 0 aliphatic heterocycles. The van der Waals surface area contributed by atoms with Gasteiger partial charge in [0.25, 0.3) is 0 Å². The third kappa shape index (κ3) is 68.0. The van der Waals surface area contributed by atoms with Crippen LogP contribution in [-0.4, -0.2) is 96.7 Å². The number of carbonyl (C=O) groups excluding carboxylic acids is 4. The summed E-state index contributed by atoms with van der Waals surface area (Å²) in [6.45, 7) is 4.42.